The maximum atomic E-state index is 12.4. The van der Waals surface area contributed by atoms with Crippen molar-refractivity contribution in [2.45, 2.75) is 84.2 Å². The Hall–Kier alpha value is -1.09. The normalized spacial score (nSPS) is 47.7. The van der Waals surface area contributed by atoms with Crippen LogP contribution in [0.25, 0.3) is 0 Å². The first kappa shape index (κ1) is 18.9. The number of rotatable bonds is 2. The fourth-order valence-electron chi connectivity index (χ4n) is 8.16. The summed E-state index contributed by atoms with van der Waals surface area (Å²) in [6, 6.07) is 0. The Morgan fingerprint density at radius 3 is 2.54 bits per heavy atom. The maximum absolute atomic E-state index is 12.4. The number of nitrogens with zero attached hydrogens (tertiary/aromatic N) is 1. The number of hydrogen-bond acceptors (Lipinski definition) is 3. The SMILES string of the molecule is CC(=O)[C@@]1(O)CC[C@@H]2[C@@H]3CC=C4C=C(N5CCCC5)CC[C@]4(C)[C@@H]3CC[C@@]21C. The molecule has 154 valence electrons. The Bertz CT molecular complexity index is 748. The van der Waals surface area contributed by atoms with Gasteiger partial charge in [0.25, 0.3) is 0 Å². The summed E-state index contributed by atoms with van der Waals surface area (Å²) in [6.07, 6.45) is 15.2. The van der Waals surface area contributed by atoms with Crippen molar-refractivity contribution in [3.05, 3.63) is 23.4 Å². The van der Waals surface area contributed by atoms with Crippen molar-refractivity contribution in [1.29, 1.82) is 0 Å². The largest absolute Gasteiger partial charge is 0.382 e. The first-order chi connectivity index (χ1) is 13.3. The summed E-state index contributed by atoms with van der Waals surface area (Å²) < 4.78 is 0. The molecule has 3 heteroatoms. The van der Waals surface area contributed by atoms with Crippen LogP contribution in [0.4, 0.5) is 0 Å². The quantitative estimate of drug-likeness (QED) is 0.740. The fourth-order valence-corrected chi connectivity index (χ4v) is 8.16. The minimum Gasteiger partial charge on any atom is -0.382 e. The zero-order valence-electron chi connectivity index (χ0n) is 18.0. The fraction of sp³-hybridized carbons (Fsp3) is 0.800. The number of likely N-dealkylation sites (tertiary alicyclic amines) is 1. The number of ketones is 1. The average molecular weight is 384 g/mol. The topological polar surface area (TPSA) is 40.5 Å². The molecule has 0 aromatic heterocycles. The van der Waals surface area contributed by atoms with E-state index in [4.69, 9.17) is 0 Å². The van der Waals surface area contributed by atoms with Crippen LogP contribution in [0.5, 0.6) is 0 Å². The molecule has 1 aliphatic heterocycles. The van der Waals surface area contributed by atoms with Crippen molar-refractivity contribution in [2.24, 2.45) is 28.6 Å². The van der Waals surface area contributed by atoms with Gasteiger partial charge in [0.2, 0.25) is 0 Å². The Kier molecular flexibility index (Phi) is 4.19. The Morgan fingerprint density at radius 1 is 1.11 bits per heavy atom. The second-order valence-electron chi connectivity index (χ2n) is 10.9. The minimum absolute atomic E-state index is 0.00921. The molecule has 6 atom stereocenters. The van der Waals surface area contributed by atoms with Crippen LogP contribution >= 0.6 is 0 Å². The van der Waals surface area contributed by atoms with Crippen LogP contribution in [-0.2, 0) is 4.79 Å². The van der Waals surface area contributed by atoms with Gasteiger partial charge in [-0.2, -0.15) is 0 Å². The summed E-state index contributed by atoms with van der Waals surface area (Å²) in [5, 5.41) is 11.3. The Labute approximate surface area is 170 Å². The van der Waals surface area contributed by atoms with Gasteiger partial charge in [0.05, 0.1) is 0 Å². The summed E-state index contributed by atoms with van der Waals surface area (Å²) in [5.74, 6) is 1.81. The predicted molar refractivity (Wildman–Crippen MR) is 112 cm³/mol. The molecule has 5 aliphatic rings. The van der Waals surface area contributed by atoms with E-state index in [0.717, 1.165) is 25.7 Å². The molecule has 0 aromatic carbocycles. The van der Waals surface area contributed by atoms with Gasteiger partial charge in [0.1, 0.15) is 5.60 Å². The van der Waals surface area contributed by atoms with Crippen molar-refractivity contribution < 1.29 is 9.90 Å². The van der Waals surface area contributed by atoms with E-state index in [2.05, 4.69) is 30.9 Å². The van der Waals surface area contributed by atoms with E-state index in [1.807, 2.05) is 0 Å². The number of aliphatic hydroxyl groups is 1. The van der Waals surface area contributed by atoms with Crippen molar-refractivity contribution in [3.63, 3.8) is 0 Å². The van der Waals surface area contributed by atoms with Crippen LogP contribution < -0.4 is 0 Å². The Morgan fingerprint density at radius 2 is 1.82 bits per heavy atom. The van der Waals surface area contributed by atoms with Gasteiger partial charge < -0.3 is 10.0 Å². The second-order valence-corrected chi connectivity index (χ2v) is 10.9. The van der Waals surface area contributed by atoms with E-state index in [9.17, 15) is 9.90 Å². The summed E-state index contributed by atoms with van der Waals surface area (Å²) in [4.78, 5) is 15.0. The molecule has 0 spiro atoms. The van der Waals surface area contributed by atoms with Crippen molar-refractivity contribution in [1.82, 2.24) is 4.90 Å². The molecule has 5 rings (SSSR count). The third kappa shape index (κ3) is 2.35. The molecule has 0 bridgehead atoms. The number of carbonyl (C=O) groups is 1. The molecular formula is C25H37NO2. The van der Waals surface area contributed by atoms with Crippen molar-refractivity contribution in [2.75, 3.05) is 13.1 Å². The van der Waals surface area contributed by atoms with Crippen LogP contribution in [-0.4, -0.2) is 34.5 Å². The first-order valence-corrected chi connectivity index (χ1v) is 11.7. The lowest BCUT2D eigenvalue weighted by atomic mass is 9.47. The molecule has 1 saturated heterocycles. The highest BCUT2D eigenvalue weighted by molar-refractivity contribution is 5.86. The first-order valence-electron chi connectivity index (χ1n) is 11.7. The number of fused-ring (bicyclic) bond motifs is 5. The molecule has 1 N–H and O–H groups in total. The highest BCUT2D eigenvalue weighted by Crippen LogP contribution is 2.67. The molecular weight excluding hydrogens is 346 g/mol. The number of Topliss-reactive ketones (excluding diaryl/α,β-unsaturated/α-hetero) is 1. The smallest absolute Gasteiger partial charge is 0.161 e. The lowest BCUT2D eigenvalue weighted by Gasteiger charge is -2.58. The molecule has 3 nitrogen and oxygen atoms in total. The van der Waals surface area contributed by atoms with Crippen molar-refractivity contribution in [3.8, 4) is 0 Å². The minimum atomic E-state index is -1.09. The molecule has 28 heavy (non-hydrogen) atoms. The standard InChI is InChI=1S/C25H37NO2/c1-17(27)25(28)13-10-22-20-7-6-18-16-19(26-14-4-5-15-26)8-11-23(18,2)21(20)9-12-24(22,25)3/h6,16,20-22,28H,4-5,7-15H2,1-3H3/t20-,21-,22-,23+,24+,25+/m1/s1. The maximum Gasteiger partial charge on any atom is 0.161 e. The molecule has 0 amide bonds. The molecule has 0 unspecified atom stereocenters. The summed E-state index contributed by atoms with van der Waals surface area (Å²) in [6.45, 7) is 8.82. The zero-order chi connectivity index (χ0) is 19.7. The number of hydrogen-bond donors (Lipinski definition) is 1. The lowest BCUT2D eigenvalue weighted by Crippen LogP contribution is -2.56. The van der Waals surface area contributed by atoms with E-state index in [1.165, 1.54) is 38.8 Å². The number of allylic oxidation sites excluding steroid dienone is 4. The summed E-state index contributed by atoms with van der Waals surface area (Å²) in [7, 11) is 0. The van der Waals surface area contributed by atoms with Gasteiger partial charge in [-0.1, -0.05) is 19.9 Å². The summed E-state index contributed by atoms with van der Waals surface area (Å²) in [5.41, 5.74) is 2.12. The molecule has 0 aromatic rings. The lowest BCUT2D eigenvalue weighted by molar-refractivity contribution is -0.158. The third-order valence-corrected chi connectivity index (χ3v) is 9.99. The van der Waals surface area contributed by atoms with Gasteiger partial charge in [0.15, 0.2) is 5.78 Å². The van der Waals surface area contributed by atoms with E-state index in [1.54, 1.807) is 18.2 Å². The van der Waals surface area contributed by atoms with E-state index >= 15 is 0 Å². The molecule has 4 aliphatic carbocycles. The van der Waals surface area contributed by atoms with Crippen LogP contribution in [0.1, 0.15) is 78.6 Å². The van der Waals surface area contributed by atoms with Gasteiger partial charge in [-0.05, 0) is 99.5 Å². The monoisotopic (exact) mass is 383 g/mol. The van der Waals surface area contributed by atoms with E-state index < -0.39 is 5.60 Å². The molecule has 2 saturated carbocycles. The van der Waals surface area contributed by atoms with Crippen LogP contribution in [0.15, 0.2) is 23.4 Å². The molecule has 3 fully saturated rings. The summed E-state index contributed by atoms with van der Waals surface area (Å²) >= 11 is 0. The molecule has 1 heterocycles. The predicted octanol–water partition coefficient (Wildman–Crippen LogP) is 4.86. The van der Waals surface area contributed by atoms with E-state index in [-0.39, 0.29) is 16.6 Å². The van der Waals surface area contributed by atoms with Gasteiger partial charge in [0, 0.05) is 24.2 Å². The second kappa shape index (κ2) is 6.20. The highest BCUT2D eigenvalue weighted by atomic mass is 16.3. The Balaban J connectivity index is 1.46. The van der Waals surface area contributed by atoms with Crippen LogP contribution in [0.2, 0.25) is 0 Å². The van der Waals surface area contributed by atoms with Crippen LogP contribution in [0, 0.1) is 28.6 Å². The van der Waals surface area contributed by atoms with E-state index in [0.29, 0.717) is 24.2 Å². The highest BCUT2D eigenvalue weighted by Gasteiger charge is 2.65. The van der Waals surface area contributed by atoms with Gasteiger partial charge in [-0.25, -0.2) is 0 Å². The molecule has 0 radical (unpaired) electrons. The third-order valence-electron chi connectivity index (χ3n) is 9.99. The van der Waals surface area contributed by atoms with Gasteiger partial charge >= 0.3 is 0 Å². The number of carbonyl (C=O) groups excluding carboxylic acids is 1. The van der Waals surface area contributed by atoms with Crippen LogP contribution in [0.3, 0.4) is 0 Å². The zero-order valence-corrected chi connectivity index (χ0v) is 18.0. The van der Waals surface area contributed by atoms with Gasteiger partial charge in [-0.15, -0.1) is 0 Å². The average Bonchev–Trinajstić information content (AvgIpc) is 3.29. The van der Waals surface area contributed by atoms with Crippen molar-refractivity contribution >= 4 is 5.78 Å². The van der Waals surface area contributed by atoms with Gasteiger partial charge in [-0.3, -0.25) is 4.79 Å².